The van der Waals surface area contributed by atoms with E-state index in [0.717, 1.165) is 25.7 Å². The van der Waals surface area contributed by atoms with Crippen molar-refractivity contribution in [2.75, 3.05) is 0 Å². The van der Waals surface area contributed by atoms with Crippen molar-refractivity contribution in [2.45, 2.75) is 296 Å². The lowest BCUT2D eigenvalue weighted by atomic mass is 9.94. The SMILES string of the molecule is CCCCCCCCCCCCCCCCCCCCCCCCCCCCCCC(CCCCCCCCCCCCCCCC)C(=O)[O-]. The first-order chi connectivity index (χ1) is 24.7. The van der Waals surface area contributed by atoms with E-state index in [0.29, 0.717) is 0 Å². The monoisotopic (exact) mass is 704 g/mol. The van der Waals surface area contributed by atoms with Crippen LogP contribution >= 0.6 is 0 Å². The molecule has 300 valence electrons. The Bertz CT molecular complexity index is 615. The maximum absolute atomic E-state index is 11.6. The molecule has 0 rings (SSSR count). The van der Waals surface area contributed by atoms with Crippen molar-refractivity contribution in [3.63, 3.8) is 0 Å². The Balaban J connectivity index is 3.29. The van der Waals surface area contributed by atoms with Crippen molar-refractivity contribution >= 4 is 5.97 Å². The maximum Gasteiger partial charge on any atom is 0.0445 e. The van der Waals surface area contributed by atoms with Crippen LogP contribution in [0.4, 0.5) is 0 Å². The van der Waals surface area contributed by atoms with E-state index >= 15 is 0 Å². The molecule has 1 atom stereocenters. The van der Waals surface area contributed by atoms with Gasteiger partial charge in [0.1, 0.15) is 0 Å². The fourth-order valence-electron chi connectivity index (χ4n) is 8.03. The summed E-state index contributed by atoms with van der Waals surface area (Å²) >= 11 is 0. The van der Waals surface area contributed by atoms with Gasteiger partial charge in [-0.2, -0.15) is 0 Å². The van der Waals surface area contributed by atoms with Crippen molar-refractivity contribution in [2.24, 2.45) is 5.92 Å². The molecular formula is C48H95O2-. The van der Waals surface area contributed by atoms with E-state index in [1.54, 1.807) is 0 Å². The first-order valence-electron chi connectivity index (χ1n) is 23.9. The molecule has 0 bridgehead atoms. The highest BCUT2D eigenvalue weighted by atomic mass is 16.4. The van der Waals surface area contributed by atoms with Gasteiger partial charge in [-0.05, 0) is 18.8 Å². The molecule has 0 fully saturated rings. The number of rotatable bonds is 45. The lowest BCUT2D eigenvalue weighted by Crippen LogP contribution is -2.31. The predicted molar refractivity (Wildman–Crippen MR) is 223 cm³/mol. The molecule has 0 aliphatic carbocycles. The van der Waals surface area contributed by atoms with Crippen LogP contribution in [0, 0.1) is 5.92 Å². The number of carbonyl (C=O) groups excluding carboxylic acids is 1. The van der Waals surface area contributed by atoms with Gasteiger partial charge in [-0.25, -0.2) is 0 Å². The fourth-order valence-corrected chi connectivity index (χ4v) is 8.03. The van der Waals surface area contributed by atoms with E-state index in [-0.39, 0.29) is 5.92 Å². The summed E-state index contributed by atoms with van der Waals surface area (Å²) in [6.45, 7) is 4.59. The molecule has 0 spiro atoms. The van der Waals surface area contributed by atoms with Crippen LogP contribution in [0.5, 0.6) is 0 Å². The molecule has 0 aromatic carbocycles. The van der Waals surface area contributed by atoms with Crippen molar-refractivity contribution in [1.82, 2.24) is 0 Å². The largest absolute Gasteiger partial charge is 0.550 e. The maximum atomic E-state index is 11.6. The zero-order valence-corrected chi connectivity index (χ0v) is 35.0. The van der Waals surface area contributed by atoms with E-state index in [1.807, 2.05) is 0 Å². The molecule has 0 amide bonds. The van der Waals surface area contributed by atoms with Crippen LogP contribution in [0.25, 0.3) is 0 Å². The first kappa shape index (κ1) is 49.5. The zero-order valence-electron chi connectivity index (χ0n) is 35.0. The van der Waals surface area contributed by atoms with E-state index in [2.05, 4.69) is 13.8 Å². The van der Waals surface area contributed by atoms with Gasteiger partial charge >= 0.3 is 0 Å². The quantitative estimate of drug-likeness (QED) is 0.0592. The number of hydrogen-bond acceptors (Lipinski definition) is 2. The Labute approximate surface area is 317 Å². The minimum atomic E-state index is -0.801. The van der Waals surface area contributed by atoms with Crippen LogP contribution < -0.4 is 5.11 Å². The number of carboxylic acid groups (broad SMARTS) is 1. The molecule has 0 radical (unpaired) electrons. The fraction of sp³-hybridized carbons (Fsp3) is 0.979. The third-order valence-electron chi connectivity index (χ3n) is 11.6. The Kier molecular flexibility index (Phi) is 44.2. The first-order valence-corrected chi connectivity index (χ1v) is 23.9. The number of carbonyl (C=O) groups is 1. The molecule has 0 aliphatic heterocycles. The molecule has 0 aliphatic rings. The molecule has 2 nitrogen and oxygen atoms in total. The summed E-state index contributed by atoms with van der Waals surface area (Å²) in [6, 6.07) is 0. The second-order valence-corrected chi connectivity index (χ2v) is 16.7. The molecule has 50 heavy (non-hydrogen) atoms. The molecule has 0 saturated heterocycles. The highest BCUT2D eigenvalue weighted by Crippen LogP contribution is 2.20. The van der Waals surface area contributed by atoms with E-state index in [1.165, 1.54) is 257 Å². The van der Waals surface area contributed by atoms with Crippen LogP contribution in [0.1, 0.15) is 296 Å². The van der Waals surface area contributed by atoms with Gasteiger partial charge in [0.25, 0.3) is 0 Å². The Morgan fingerprint density at radius 1 is 0.280 bits per heavy atom. The second-order valence-electron chi connectivity index (χ2n) is 16.7. The summed E-state index contributed by atoms with van der Waals surface area (Å²) in [6.07, 6.45) is 60.2. The van der Waals surface area contributed by atoms with Gasteiger partial charge in [0.15, 0.2) is 0 Å². The molecule has 2 heteroatoms. The van der Waals surface area contributed by atoms with Gasteiger partial charge in [-0.15, -0.1) is 0 Å². The normalized spacial score (nSPS) is 12.2. The van der Waals surface area contributed by atoms with E-state index in [9.17, 15) is 9.90 Å². The standard InChI is InChI=1S/C48H96O2/c1-3-5-7-9-11-13-15-17-19-20-21-22-23-24-25-26-27-28-29-30-31-32-34-36-38-40-42-44-46-47(48(49)50)45-43-41-39-37-35-33-18-16-14-12-10-8-6-4-2/h47H,3-46H2,1-2H3,(H,49,50)/p-1. The number of aliphatic carboxylic acids is 1. The van der Waals surface area contributed by atoms with Gasteiger partial charge in [0, 0.05) is 5.97 Å². The van der Waals surface area contributed by atoms with Gasteiger partial charge in [0.05, 0.1) is 0 Å². The van der Waals surface area contributed by atoms with Gasteiger partial charge in [-0.3, -0.25) is 0 Å². The van der Waals surface area contributed by atoms with Crippen molar-refractivity contribution in [1.29, 1.82) is 0 Å². The topological polar surface area (TPSA) is 40.1 Å². The Morgan fingerprint density at radius 3 is 0.560 bits per heavy atom. The third kappa shape index (κ3) is 41.9. The van der Waals surface area contributed by atoms with Crippen molar-refractivity contribution < 1.29 is 9.90 Å². The van der Waals surface area contributed by atoms with Crippen LogP contribution in [0.2, 0.25) is 0 Å². The molecule has 0 aromatic rings. The van der Waals surface area contributed by atoms with Crippen molar-refractivity contribution in [3.05, 3.63) is 0 Å². The molecule has 0 N–H and O–H groups in total. The van der Waals surface area contributed by atoms with E-state index < -0.39 is 5.97 Å². The molecule has 0 aromatic heterocycles. The Morgan fingerprint density at radius 2 is 0.420 bits per heavy atom. The summed E-state index contributed by atoms with van der Waals surface area (Å²) in [5, 5.41) is 11.6. The number of unbranched alkanes of at least 4 members (excludes halogenated alkanes) is 40. The summed E-state index contributed by atoms with van der Waals surface area (Å²) in [7, 11) is 0. The zero-order chi connectivity index (χ0) is 36.3. The second kappa shape index (κ2) is 44.6. The van der Waals surface area contributed by atoms with Crippen LogP contribution in [-0.2, 0) is 4.79 Å². The van der Waals surface area contributed by atoms with Gasteiger partial charge < -0.3 is 9.90 Å². The minimum Gasteiger partial charge on any atom is -0.550 e. The lowest BCUT2D eigenvalue weighted by molar-refractivity contribution is -0.312. The van der Waals surface area contributed by atoms with Crippen LogP contribution in [-0.4, -0.2) is 5.97 Å². The van der Waals surface area contributed by atoms with E-state index in [4.69, 9.17) is 0 Å². The highest BCUT2D eigenvalue weighted by Gasteiger charge is 2.09. The predicted octanol–water partition coefficient (Wildman–Crippen LogP) is 16.6. The van der Waals surface area contributed by atoms with Crippen LogP contribution in [0.15, 0.2) is 0 Å². The lowest BCUT2D eigenvalue weighted by Gasteiger charge is -2.17. The van der Waals surface area contributed by atoms with Gasteiger partial charge in [-0.1, -0.05) is 284 Å². The molecule has 0 saturated carbocycles. The average molecular weight is 704 g/mol. The number of hydrogen-bond donors (Lipinski definition) is 0. The summed E-state index contributed by atoms with van der Waals surface area (Å²) < 4.78 is 0. The van der Waals surface area contributed by atoms with Crippen molar-refractivity contribution in [3.8, 4) is 0 Å². The summed E-state index contributed by atoms with van der Waals surface area (Å²) in [5.41, 5.74) is 0. The van der Waals surface area contributed by atoms with Crippen LogP contribution in [0.3, 0.4) is 0 Å². The summed E-state index contributed by atoms with van der Waals surface area (Å²) in [5.74, 6) is -1.01. The van der Waals surface area contributed by atoms with Gasteiger partial charge in [0.2, 0.25) is 0 Å². The third-order valence-corrected chi connectivity index (χ3v) is 11.6. The molecular weight excluding hydrogens is 609 g/mol. The average Bonchev–Trinajstić information content (AvgIpc) is 3.11. The molecule has 0 heterocycles. The molecule has 1 unspecified atom stereocenters. The highest BCUT2D eigenvalue weighted by molar-refractivity contribution is 5.67. The minimum absolute atomic E-state index is 0.212. The smallest absolute Gasteiger partial charge is 0.0445 e. The Hall–Kier alpha value is -0.530. The summed E-state index contributed by atoms with van der Waals surface area (Å²) in [4.78, 5) is 11.6. The number of carboxylic acids is 1.